The molecule has 1 aromatic heterocycles. The predicted octanol–water partition coefficient (Wildman–Crippen LogP) is 3.03. The standard InChI is InChI=1S/C15H22BNO3S/c1-14(2)15(3,4)20-16(19-14)12(10-21)6-11-7-13(18-5)9-17-8-11/h6-9,21H,10H2,1-5H3. The number of methoxy groups -OCH3 is 1. The average Bonchev–Trinajstić information content (AvgIpc) is 2.65. The molecular formula is C15H22BNO3S. The monoisotopic (exact) mass is 307 g/mol. The molecule has 2 rings (SSSR count). The van der Waals surface area contributed by atoms with Crippen LogP contribution in [-0.2, 0) is 9.31 Å². The molecule has 2 heterocycles. The van der Waals surface area contributed by atoms with Crippen LogP contribution in [-0.4, -0.2) is 36.2 Å². The van der Waals surface area contributed by atoms with E-state index in [9.17, 15) is 0 Å². The van der Waals surface area contributed by atoms with Crippen LogP contribution in [0.1, 0.15) is 33.3 Å². The number of hydrogen-bond donors (Lipinski definition) is 1. The summed E-state index contributed by atoms with van der Waals surface area (Å²) in [5.41, 5.74) is 1.19. The Balaban J connectivity index is 2.26. The summed E-state index contributed by atoms with van der Waals surface area (Å²) in [4.78, 5) is 4.15. The third-order valence-electron chi connectivity index (χ3n) is 4.06. The number of nitrogens with zero attached hydrogens (tertiary/aromatic N) is 1. The summed E-state index contributed by atoms with van der Waals surface area (Å²) < 4.78 is 17.3. The maximum atomic E-state index is 6.05. The molecule has 0 radical (unpaired) electrons. The van der Waals surface area contributed by atoms with Crippen molar-refractivity contribution < 1.29 is 14.0 Å². The van der Waals surface area contributed by atoms with Gasteiger partial charge in [-0.3, -0.25) is 4.98 Å². The lowest BCUT2D eigenvalue weighted by atomic mass is 9.78. The highest BCUT2D eigenvalue weighted by molar-refractivity contribution is 7.80. The highest BCUT2D eigenvalue weighted by atomic mass is 32.1. The minimum atomic E-state index is -0.390. The molecule has 0 aliphatic carbocycles. The molecular weight excluding hydrogens is 285 g/mol. The van der Waals surface area contributed by atoms with Crippen molar-refractivity contribution in [2.75, 3.05) is 12.9 Å². The van der Waals surface area contributed by atoms with Crippen LogP contribution in [0.15, 0.2) is 23.9 Å². The van der Waals surface area contributed by atoms with Gasteiger partial charge in [0.05, 0.1) is 24.5 Å². The fourth-order valence-electron chi connectivity index (χ4n) is 2.02. The third kappa shape index (κ3) is 3.44. The summed E-state index contributed by atoms with van der Waals surface area (Å²) in [6, 6.07) is 1.92. The average molecular weight is 307 g/mol. The fourth-order valence-corrected chi connectivity index (χ4v) is 2.26. The molecule has 0 aromatic carbocycles. The first-order valence-corrected chi connectivity index (χ1v) is 7.58. The smallest absolute Gasteiger partial charge is 0.491 e. The molecule has 21 heavy (non-hydrogen) atoms. The quantitative estimate of drug-likeness (QED) is 0.686. The molecule has 0 bridgehead atoms. The summed E-state index contributed by atoms with van der Waals surface area (Å²) in [7, 11) is 1.23. The van der Waals surface area contributed by atoms with Crippen molar-refractivity contribution in [3.05, 3.63) is 29.5 Å². The maximum Gasteiger partial charge on any atom is 0.491 e. The van der Waals surface area contributed by atoms with Crippen molar-refractivity contribution >= 4 is 25.8 Å². The van der Waals surface area contributed by atoms with Crippen LogP contribution in [0.25, 0.3) is 6.08 Å². The van der Waals surface area contributed by atoms with Gasteiger partial charge < -0.3 is 14.0 Å². The van der Waals surface area contributed by atoms with Crippen LogP contribution in [0.4, 0.5) is 0 Å². The highest BCUT2D eigenvalue weighted by Crippen LogP contribution is 2.39. The maximum absolute atomic E-state index is 6.05. The van der Waals surface area contributed by atoms with Gasteiger partial charge in [-0.25, -0.2) is 0 Å². The van der Waals surface area contributed by atoms with Gasteiger partial charge in [0, 0.05) is 11.9 Å². The Bertz CT molecular complexity index is 529. The largest absolute Gasteiger partial charge is 0.495 e. The van der Waals surface area contributed by atoms with Crippen molar-refractivity contribution in [2.45, 2.75) is 38.9 Å². The van der Waals surface area contributed by atoms with Gasteiger partial charge in [0.15, 0.2) is 0 Å². The Kier molecular flexibility index (Phi) is 4.71. The Morgan fingerprint density at radius 1 is 1.29 bits per heavy atom. The lowest BCUT2D eigenvalue weighted by molar-refractivity contribution is 0.00578. The van der Waals surface area contributed by atoms with Crippen LogP contribution in [0.5, 0.6) is 5.75 Å². The highest BCUT2D eigenvalue weighted by Gasteiger charge is 2.52. The van der Waals surface area contributed by atoms with E-state index < -0.39 is 7.12 Å². The van der Waals surface area contributed by atoms with Gasteiger partial charge in [0.25, 0.3) is 0 Å². The molecule has 1 saturated heterocycles. The molecule has 0 saturated carbocycles. The van der Waals surface area contributed by atoms with Crippen LogP contribution in [0, 0.1) is 0 Å². The molecule has 114 valence electrons. The van der Waals surface area contributed by atoms with E-state index in [4.69, 9.17) is 14.0 Å². The van der Waals surface area contributed by atoms with Crippen molar-refractivity contribution in [3.8, 4) is 5.75 Å². The van der Waals surface area contributed by atoms with E-state index in [-0.39, 0.29) is 11.2 Å². The summed E-state index contributed by atoms with van der Waals surface area (Å²) in [6.45, 7) is 8.15. The Morgan fingerprint density at radius 2 is 1.90 bits per heavy atom. The summed E-state index contributed by atoms with van der Waals surface area (Å²) in [5.74, 6) is 1.27. The fraction of sp³-hybridized carbons (Fsp3) is 0.533. The SMILES string of the molecule is COc1cncc(C=C(CS)B2OC(C)(C)C(C)(C)O2)c1. The topological polar surface area (TPSA) is 40.6 Å². The van der Waals surface area contributed by atoms with E-state index >= 15 is 0 Å². The molecule has 1 aromatic rings. The predicted molar refractivity (Wildman–Crippen MR) is 88.7 cm³/mol. The van der Waals surface area contributed by atoms with Gasteiger partial charge >= 0.3 is 7.12 Å². The molecule has 0 atom stereocenters. The second-order valence-electron chi connectivity index (χ2n) is 6.12. The normalized spacial score (nSPS) is 20.7. The van der Waals surface area contributed by atoms with E-state index in [1.807, 2.05) is 39.8 Å². The summed E-state index contributed by atoms with van der Waals surface area (Å²) in [6.07, 6.45) is 5.44. The number of rotatable bonds is 4. The molecule has 6 heteroatoms. The Hall–Kier alpha value is -0.975. The molecule has 1 fully saturated rings. The lowest BCUT2D eigenvalue weighted by Gasteiger charge is -2.32. The number of aromatic nitrogens is 1. The molecule has 0 spiro atoms. The second-order valence-corrected chi connectivity index (χ2v) is 6.44. The zero-order valence-corrected chi connectivity index (χ0v) is 14.1. The van der Waals surface area contributed by atoms with Crippen LogP contribution in [0.3, 0.4) is 0 Å². The first-order chi connectivity index (χ1) is 9.79. The molecule has 1 aliphatic rings. The Morgan fingerprint density at radius 3 is 2.43 bits per heavy atom. The minimum Gasteiger partial charge on any atom is -0.495 e. The van der Waals surface area contributed by atoms with E-state index in [1.54, 1.807) is 19.5 Å². The second kappa shape index (κ2) is 6.03. The van der Waals surface area contributed by atoms with Gasteiger partial charge in [-0.1, -0.05) is 6.08 Å². The summed E-state index contributed by atoms with van der Waals surface area (Å²) in [5, 5.41) is 0. The number of pyridine rings is 1. The first kappa shape index (κ1) is 16.4. The molecule has 0 amide bonds. The molecule has 1 aliphatic heterocycles. The van der Waals surface area contributed by atoms with E-state index in [0.717, 1.165) is 16.8 Å². The third-order valence-corrected chi connectivity index (χ3v) is 4.43. The minimum absolute atomic E-state index is 0.355. The van der Waals surface area contributed by atoms with E-state index in [2.05, 4.69) is 17.6 Å². The van der Waals surface area contributed by atoms with Gasteiger partial charge in [0.1, 0.15) is 5.75 Å². The van der Waals surface area contributed by atoms with Crippen molar-refractivity contribution in [1.29, 1.82) is 0 Å². The zero-order valence-electron chi connectivity index (χ0n) is 13.2. The zero-order chi connectivity index (χ0) is 15.7. The first-order valence-electron chi connectivity index (χ1n) is 6.95. The van der Waals surface area contributed by atoms with E-state index in [0.29, 0.717) is 5.75 Å². The van der Waals surface area contributed by atoms with Crippen molar-refractivity contribution in [1.82, 2.24) is 4.98 Å². The molecule has 0 unspecified atom stereocenters. The van der Waals surface area contributed by atoms with Gasteiger partial charge in [-0.15, -0.1) is 0 Å². The lowest BCUT2D eigenvalue weighted by Crippen LogP contribution is -2.41. The number of thiol groups is 1. The molecule has 0 N–H and O–H groups in total. The van der Waals surface area contributed by atoms with E-state index in [1.165, 1.54) is 0 Å². The van der Waals surface area contributed by atoms with Gasteiger partial charge in [-0.2, -0.15) is 12.6 Å². The van der Waals surface area contributed by atoms with Crippen molar-refractivity contribution in [3.63, 3.8) is 0 Å². The molecule has 4 nitrogen and oxygen atoms in total. The van der Waals surface area contributed by atoms with Crippen LogP contribution >= 0.6 is 12.6 Å². The van der Waals surface area contributed by atoms with Crippen LogP contribution in [0.2, 0.25) is 0 Å². The van der Waals surface area contributed by atoms with Gasteiger partial charge in [-0.05, 0) is 44.8 Å². The Labute approximate surface area is 132 Å². The number of ether oxygens (including phenoxy) is 1. The summed E-state index contributed by atoms with van der Waals surface area (Å²) >= 11 is 4.40. The van der Waals surface area contributed by atoms with Crippen molar-refractivity contribution in [2.24, 2.45) is 0 Å². The van der Waals surface area contributed by atoms with Crippen LogP contribution < -0.4 is 4.74 Å². The van der Waals surface area contributed by atoms with Gasteiger partial charge in [0.2, 0.25) is 0 Å². The number of hydrogen-bond acceptors (Lipinski definition) is 5.